The number of carbonyl (C=O) groups excluding carboxylic acids is 2. The van der Waals surface area contributed by atoms with Crippen LogP contribution in [0.15, 0.2) is 53.9 Å². The molecule has 0 unspecified atom stereocenters. The minimum atomic E-state index is -0.241. The zero-order valence-electron chi connectivity index (χ0n) is 16.7. The number of nitrogens with zero attached hydrogens (tertiary/aromatic N) is 1. The summed E-state index contributed by atoms with van der Waals surface area (Å²) in [5.41, 5.74) is 4.89. The Bertz CT molecular complexity index is 980. The Morgan fingerprint density at radius 3 is 2.45 bits per heavy atom. The second kappa shape index (κ2) is 9.98. The first kappa shape index (κ1) is 20.7. The molecule has 0 saturated carbocycles. The Labute approximate surface area is 175 Å². The van der Waals surface area contributed by atoms with Crippen LogP contribution in [0.25, 0.3) is 10.6 Å². The second-order valence-electron chi connectivity index (χ2n) is 6.71. The fraction of sp³-hybridized carbons (Fsp3) is 0.261. The molecule has 1 heterocycles. The van der Waals surface area contributed by atoms with Crippen molar-refractivity contribution in [1.82, 2.24) is 10.3 Å². The highest BCUT2D eigenvalue weighted by Crippen LogP contribution is 2.24. The number of rotatable bonds is 8. The van der Waals surface area contributed by atoms with Gasteiger partial charge in [0.15, 0.2) is 0 Å². The molecule has 1 aromatic heterocycles. The van der Waals surface area contributed by atoms with E-state index in [1.165, 1.54) is 16.9 Å². The highest BCUT2D eigenvalue weighted by molar-refractivity contribution is 7.13. The number of hydrogen-bond donors (Lipinski definition) is 2. The topological polar surface area (TPSA) is 71.1 Å². The summed E-state index contributed by atoms with van der Waals surface area (Å²) in [6.07, 6.45) is 1.99. The largest absolute Gasteiger partial charge is 0.347 e. The van der Waals surface area contributed by atoms with E-state index >= 15 is 0 Å². The van der Waals surface area contributed by atoms with E-state index in [1.54, 1.807) is 0 Å². The quantitative estimate of drug-likeness (QED) is 0.587. The van der Waals surface area contributed by atoms with Crippen molar-refractivity contribution in [3.05, 3.63) is 70.7 Å². The molecular weight excluding hydrogens is 382 g/mol. The van der Waals surface area contributed by atoms with E-state index in [0.717, 1.165) is 34.7 Å². The number of carbonyl (C=O) groups is 2. The van der Waals surface area contributed by atoms with Crippen molar-refractivity contribution < 1.29 is 9.59 Å². The summed E-state index contributed by atoms with van der Waals surface area (Å²) >= 11 is 1.52. The molecule has 3 rings (SSSR count). The lowest BCUT2D eigenvalue weighted by atomic mass is 10.1. The lowest BCUT2D eigenvalue weighted by molar-refractivity contribution is -0.123. The van der Waals surface area contributed by atoms with E-state index in [-0.39, 0.29) is 24.8 Å². The average Bonchev–Trinajstić information content (AvgIpc) is 3.21. The monoisotopic (exact) mass is 407 g/mol. The molecule has 0 aliphatic heterocycles. The first-order chi connectivity index (χ1) is 14.1. The minimum Gasteiger partial charge on any atom is -0.347 e. The molecule has 0 spiro atoms. The summed E-state index contributed by atoms with van der Waals surface area (Å²) in [5, 5.41) is 8.30. The van der Waals surface area contributed by atoms with E-state index in [0.29, 0.717) is 5.69 Å². The van der Waals surface area contributed by atoms with Gasteiger partial charge in [-0.25, -0.2) is 4.98 Å². The van der Waals surface area contributed by atoms with Gasteiger partial charge in [0.25, 0.3) is 0 Å². The maximum Gasteiger partial charge on any atom is 0.243 e. The summed E-state index contributed by atoms with van der Waals surface area (Å²) in [5.74, 6) is -0.462. The predicted molar refractivity (Wildman–Crippen MR) is 118 cm³/mol. The maximum absolute atomic E-state index is 12.2. The number of para-hydroxylation sites is 1. The van der Waals surface area contributed by atoms with Crippen molar-refractivity contribution in [2.75, 3.05) is 11.9 Å². The van der Waals surface area contributed by atoms with Gasteiger partial charge in [-0.05, 0) is 30.0 Å². The van der Waals surface area contributed by atoms with Gasteiger partial charge in [0.05, 0.1) is 18.7 Å². The lowest BCUT2D eigenvalue weighted by Gasteiger charge is -2.10. The van der Waals surface area contributed by atoms with Crippen LogP contribution in [-0.2, 0) is 28.9 Å². The van der Waals surface area contributed by atoms with Crippen molar-refractivity contribution in [2.45, 2.75) is 33.1 Å². The highest BCUT2D eigenvalue weighted by atomic mass is 32.1. The Morgan fingerprint density at radius 2 is 1.72 bits per heavy atom. The number of benzene rings is 2. The molecule has 0 fully saturated rings. The minimum absolute atomic E-state index is 0.0631. The zero-order valence-corrected chi connectivity index (χ0v) is 17.5. The molecule has 0 atom stereocenters. The molecule has 29 heavy (non-hydrogen) atoms. The molecule has 0 aliphatic carbocycles. The third-order valence-corrected chi connectivity index (χ3v) is 5.56. The van der Waals surface area contributed by atoms with Gasteiger partial charge in [0.2, 0.25) is 11.8 Å². The Balaban J connectivity index is 1.50. The molecular formula is C23H25N3O2S. The number of hydrogen-bond acceptors (Lipinski definition) is 4. The van der Waals surface area contributed by atoms with Crippen molar-refractivity contribution in [3.63, 3.8) is 0 Å². The Hall–Kier alpha value is -2.99. The van der Waals surface area contributed by atoms with E-state index in [9.17, 15) is 9.59 Å². The molecule has 6 heteroatoms. The molecule has 0 aliphatic rings. The van der Waals surface area contributed by atoms with Crippen LogP contribution in [0.4, 0.5) is 5.69 Å². The van der Waals surface area contributed by atoms with Gasteiger partial charge in [-0.2, -0.15) is 0 Å². The summed E-state index contributed by atoms with van der Waals surface area (Å²) in [7, 11) is 0. The molecule has 5 nitrogen and oxygen atoms in total. The molecule has 2 aromatic carbocycles. The van der Waals surface area contributed by atoms with Crippen LogP contribution in [-0.4, -0.2) is 23.3 Å². The third-order valence-electron chi connectivity index (χ3n) is 4.62. The number of anilines is 1. The number of amides is 2. The predicted octanol–water partition coefficient (Wildman–Crippen LogP) is 4.23. The molecule has 0 bridgehead atoms. The highest BCUT2D eigenvalue weighted by Gasteiger charge is 2.11. The Morgan fingerprint density at radius 1 is 0.966 bits per heavy atom. The zero-order chi connectivity index (χ0) is 20.6. The summed E-state index contributed by atoms with van der Waals surface area (Å²) in [6.45, 7) is 4.09. The van der Waals surface area contributed by atoms with E-state index < -0.39 is 0 Å². The number of thiazole rings is 1. The van der Waals surface area contributed by atoms with Gasteiger partial charge in [-0.3, -0.25) is 9.59 Å². The fourth-order valence-electron chi connectivity index (χ4n) is 2.95. The van der Waals surface area contributed by atoms with Gasteiger partial charge < -0.3 is 10.6 Å². The van der Waals surface area contributed by atoms with Gasteiger partial charge >= 0.3 is 0 Å². The molecule has 3 aromatic rings. The van der Waals surface area contributed by atoms with Gasteiger partial charge in [-0.15, -0.1) is 11.3 Å². The van der Waals surface area contributed by atoms with E-state index in [4.69, 9.17) is 0 Å². The third kappa shape index (κ3) is 5.74. The van der Waals surface area contributed by atoms with Crippen molar-refractivity contribution in [1.29, 1.82) is 0 Å². The van der Waals surface area contributed by atoms with E-state index in [2.05, 4.69) is 46.8 Å². The summed E-state index contributed by atoms with van der Waals surface area (Å²) < 4.78 is 0. The standard InChI is InChI=1S/C23H25N3O2S/c1-3-16-9-11-18(12-10-16)23-25-19(15-29-23)13-21(27)24-14-22(28)26-20-8-6-5-7-17(20)4-2/h5-12,15H,3-4,13-14H2,1-2H3,(H,24,27)(H,26,28). The second-order valence-corrected chi connectivity index (χ2v) is 7.56. The van der Waals surface area contributed by atoms with Crippen LogP contribution in [0.3, 0.4) is 0 Å². The molecule has 0 saturated heterocycles. The molecule has 0 radical (unpaired) electrons. The van der Waals surface area contributed by atoms with Crippen LogP contribution in [0.5, 0.6) is 0 Å². The number of nitrogens with one attached hydrogen (secondary N) is 2. The Kier molecular flexibility index (Phi) is 7.14. The number of aryl methyl sites for hydroxylation is 2. The van der Waals surface area contributed by atoms with Gasteiger partial charge in [0, 0.05) is 16.6 Å². The first-order valence-electron chi connectivity index (χ1n) is 9.77. The van der Waals surface area contributed by atoms with Crippen molar-refractivity contribution in [3.8, 4) is 10.6 Å². The van der Waals surface area contributed by atoms with E-state index in [1.807, 2.05) is 36.6 Å². The van der Waals surface area contributed by atoms with Crippen molar-refractivity contribution >= 4 is 28.8 Å². The van der Waals surface area contributed by atoms with Crippen LogP contribution in [0.1, 0.15) is 30.7 Å². The van der Waals surface area contributed by atoms with Gasteiger partial charge in [-0.1, -0.05) is 56.3 Å². The smallest absolute Gasteiger partial charge is 0.243 e. The van der Waals surface area contributed by atoms with Crippen LogP contribution in [0, 0.1) is 0 Å². The average molecular weight is 408 g/mol. The number of aromatic nitrogens is 1. The molecule has 2 amide bonds. The van der Waals surface area contributed by atoms with Crippen LogP contribution >= 0.6 is 11.3 Å². The fourth-order valence-corrected chi connectivity index (χ4v) is 3.78. The van der Waals surface area contributed by atoms with Crippen LogP contribution < -0.4 is 10.6 Å². The maximum atomic E-state index is 12.2. The van der Waals surface area contributed by atoms with Crippen molar-refractivity contribution in [2.24, 2.45) is 0 Å². The van der Waals surface area contributed by atoms with Crippen LogP contribution in [0.2, 0.25) is 0 Å². The first-order valence-corrected chi connectivity index (χ1v) is 10.6. The summed E-state index contributed by atoms with van der Waals surface area (Å²) in [6, 6.07) is 16.0. The SMILES string of the molecule is CCc1ccc(-c2nc(CC(=O)NCC(=O)Nc3ccccc3CC)cs2)cc1. The summed E-state index contributed by atoms with van der Waals surface area (Å²) in [4.78, 5) is 28.9. The van der Waals surface area contributed by atoms with Gasteiger partial charge in [0.1, 0.15) is 5.01 Å². The normalized spacial score (nSPS) is 10.6. The molecule has 2 N–H and O–H groups in total. The molecule has 150 valence electrons. The lowest BCUT2D eigenvalue weighted by Crippen LogP contribution is -2.34.